The molecule has 0 aliphatic heterocycles. The minimum atomic E-state index is -0.991. The van der Waals surface area contributed by atoms with E-state index in [4.69, 9.17) is 5.11 Å². The second kappa shape index (κ2) is 5.27. The smallest absolute Gasteiger partial charge is 0.365 e. The largest absolute Gasteiger partial charge is 0.476 e. The van der Waals surface area contributed by atoms with Crippen molar-refractivity contribution in [3.8, 4) is 21.7 Å². The molecular formula is C16H11NO2S. The molecule has 0 amide bonds. The summed E-state index contributed by atoms with van der Waals surface area (Å²) in [5.41, 5.74) is 2.63. The minimum absolute atomic E-state index is 0.114. The summed E-state index contributed by atoms with van der Waals surface area (Å²) in [5, 5.41) is 9.28. The van der Waals surface area contributed by atoms with Crippen molar-refractivity contribution in [2.75, 3.05) is 0 Å². The van der Waals surface area contributed by atoms with Crippen LogP contribution in [0.25, 0.3) is 21.7 Å². The van der Waals surface area contributed by atoms with E-state index in [0.29, 0.717) is 0 Å². The zero-order chi connectivity index (χ0) is 13.9. The molecule has 0 aliphatic carbocycles. The van der Waals surface area contributed by atoms with E-state index in [1.165, 1.54) is 11.3 Å². The Morgan fingerprint density at radius 2 is 1.45 bits per heavy atom. The van der Waals surface area contributed by atoms with Crippen molar-refractivity contribution in [1.29, 1.82) is 0 Å². The van der Waals surface area contributed by atoms with Crippen LogP contribution >= 0.6 is 11.3 Å². The minimum Gasteiger partial charge on any atom is -0.476 e. The Kier molecular flexibility index (Phi) is 3.31. The van der Waals surface area contributed by atoms with Crippen LogP contribution in [0.15, 0.2) is 60.7 Å². The second-order valence-corrected chi connectivity index (χ2v) is 5.23. The molecule has 0 bridgehead atoms. The van der Waals surface area contributed by atoms with Crippen LogP contribution in [-0.2, 0) is 0 Å². The fraction of sp³-hybridized carbons (Fsp3) is 0. The van der Waals surface area contributed by atoms with E-state index in [1.54, 1.807) is 0 Å². The zero-order valence-electron chi connectivity index (χ0n) is 10.5. The Labute approximate surface area is 120 Å². The highest BCUT2D eigenvalue weighted by Gasteiger charge is 2.18. The number of carboxylic acid groups (broad SMARTS) is 1. The number of benzene rings is 2. The average molecular weight is 281 g/mol. The fourth-order valence-corrected chi connectivity index (χ4v) is 2.92. The van der Waals surface area contributed by atoms with E-state index in [2.05, 4.69) is 4.98 Å². The van der Waals surface area contributed by atoms with Crippen molar-refractivity contribution < 1.29 is 9.90 Å². The maximum atomic E-state index is 11.2. The van der Waals surface area contributed by atoms with Crippen LogP contribution in [0.1, 0.15) is 9.80 Å². The number of aromatic nitrogens is 1. The first-order chi connectivity index (χ1) is 9.75. The van der Waals surface area contributed by atoms with Gasteiger partial charge in [0.05, 0.1) is 10.6 Å². The summed E-state index contributed by atoms with van der Waals surface area (Å²) in [6.45, 7) is 0. The van der Waals surface area contributed by atoms with Gasteiger partial charge in [0.2, 0.25) is 5.01 Å². The summed E-state index contributed by atoms with van der Waals surface area (Å²) < 4.78 is 0. The molecule has 0 spiro atoms. The molecule has 0 unspecified atom stereocenters. The van der Waals surface area contributed by atoms with Gasteiger partial charge in [-0.15, -0.1) is 11.3 Å². The zero-order valence-corrected chi connectivity index (χ0v) is 11.3. The SMILES string of the molecule is O=C(O)c1nc(-c2ccccc2)c(-c2ccccc2)s1. The number of thiazole rings is 1. The van der Waals surface area contributed by atoms with Gasteiger partial charge in [0.1, 0.15) is 0 Å². The molecule has 3 nitrogen and oxygen atoms in total. The first kappa shape index (κ1) is 12.6. The van der Waals surface area contributed by atoms with Crippen LogP contribution in [0.4, 0.5) is 0 Å². The number of rotatable bonds is 3. The Morgan fingerprint density at radius 3 is 2.00 bits per heavy atom. The van der Waals surface area contributed by atoms with E-state index in [1.807, 2.05) is 60.7 Å². The summed E-state index contributed by atoms with van der Waals surface area (Å²) in [6, 6.07) is 19.4. The molecule has 4 heteroatoms. The Bertz CT molecular complexity index is 679. The lowest BCUT2D eigenvalue weighted by molar-refractivity contribution is 0.0696. The van der Waals surface area contributed by atoms with E-state index in [9.17, 15) is 4.79 Å². The van der Waals surface area contributed by atoms with Crippen LogP contribution in [0.2, 0.25) is 0 Å². The Balaban J connectivity index is 2.20. The topological polar surface area (TPSA) is 50.2 Å². The maximum absolute atomic E-state index is 11.2. The lowest BCUT2D eigenvalue weighted by atomic mass is 10.1. The first-order valence-electron chi connectivity index (χ1n) is 6.10. The lowest BCUT2D eigenvalue weighted by Gasteiger charge is -2.02. The van der Waals surface area contributed by atoms with Crippen LogP contribution in [0.3, 0.4) is 0 Å². The van der Waals surface area contributed by atoms with Gasteiger partial charge in [-0.3, -0.25) is 0 Å². The number of hydrogen-bond acceptors (Lipinski definition) is 3. The Morgan fingerprint density at radius 1 is 0.900 bits per heavy atom. The molecular weight excluding hydrogens is 270 g/mol. The van der Waals surface area contributed by atoms with Gasteiger partial charge in [0.15, 0.2) is 0 Å². The summed E-state index contributed by atoms with van der Waals surface area (Å²) in [4.78, 5) is 16.3. The van der Waals surface area contributed by atoms with Gasteiger partial charge in [-0.05, 0) is 5.56 Å². The van der Waals surface area contributed by atoms with Crippen molar-refractivity contribution in [2.24, 2.45) is 0 Å². The third-order valence-electron chi connectivity index (χ3n) is 2.89. The molecule has 3 rings (SSSR count). The van der Waals surface area contributed by atoms with Crippen LogP contribution in [0, 0.1) is 0 Å². The highest BCUT2D eigenvalue weighted by atomic mass is 32.1. The third kappa shape index (κ3) is 2.33. The summed E-state index contributed by atoms with van der Waals surface area (Å²) in [6.07, 6.45) is 0. The second-order valence-electron chi connectivity index (χ2n) is 4.23. The third-order valence-corrected chi connectivity index (χ3v) is 3.99. The summed E-state index contributed by atoms with van der Waals surface area (Å²) >= 11 is 1.20. The van der Waals surface area contributed by atoms with Gasteiger partial charge in [0, 0.05) is 5.56 Å². The van der Waals surface area contributed by atoms with E-state index in [-0.39, 0.29) is 5.01 Å². The van der Waals surface area contributed by atoms with Crippen molar-refractivity contribution in [3.63, 3.8) is 0 Å². The van der Waals surface area contributed by atoms with Crippen molar-refractivity contribution in [2.45, 2.75) is 0 Å². The van der Waals surface area contributed by atoms with Gasteiger partial charge in [-0.25, -0.2) is 9.78 Å². The van der Waals surface area contributed by atoms with E-state index < -0.39 is 5.97 Å². The van der Waals surface area contributed by atoms with Crippen molar-refractivity contribution in [1.82, 2.24) is 4.98 Å². The highest BCUT2D eigenvalue weighted by Crippen LogP contribution is 2.36. The molecule has 98 valence electrons. The quantitative estimate of drug-likeness (QED) is 0.783. The predicted molar refractivity (Wildman–Crippen MR) is 79.9 cm³/mol. The van der Waals surface area contributed by atoms with Crippen molar-refractivity contribution in [3.05, 3.63) is 65.7 Å². The predicted octanol–water partition coefficient (Wildman–Crippen LogP) is 4.18. The van der Waals surface area contributed by atoms with Crippen LogP contribution in [-0.4, -0.2) is 16.1 Å². The number of hydrogen-bond donors (Lipinski definition) is 1. The molecule has 0 aliphatic rings. The molecule has 2 aromatic carbocycles. The van der Waals surface area contributed by atoms with Crippen LogP contribution < -0.4 is 0 Å². The summed E-state index contributed by atoms with van der Waals surface area (Å²) in [7, 11) is 0. The average Bonchev–Trinajstić information content (AvgIpc) is 2.94. The normalized spacial score (nSPS) is 10.4. The molecule has 0 fully saturated rings. The molecule has 1 N–H and O–H groups in total. The van der Waals surface area contributed by atoms with Gasteiger partial charge in [0.25, 0.3) is 0 Å². The van der Waals surface area contributed by atoms with Crippen molar-refractivity contribution >= 4 is 17.3 Å². The molecule has 0 saturated heterocycles. The maximum Gasteiger partial charge on any atom is 0.365 e. The molecule has 1 heterocycles. The standard InChI is InChI=1S/C16H11NO2S/c18-16(19)15-17-13(11-7-3-1-4-8-11)14(20-15)12-9-5-2-6-10-12/h1-10H,(H,18,19). The fourth-order valence-electron chi connectivity index (χ4n) is 1.99. The monoisotopic (exact) mass is 281 g/mol. The van der Waals surface area contributed by atoms with Gasteiger partial charge in [-0.1, -0.05) is 60.7 Å². The lowest BCUT2D eigenvalue weighted by Crippen LogP contribution is -1.94. The molecule has 20 heavy (non-hydrogen) atoms. The number of nitrogens with zero attached hydrogens (tertiary/aromatic N) is 1. The number of carboxylic acids is 1. The van der Waals surface area contributed by atoms with E-state index >= 15 is 0 Å². The molecule has 0 atom stereocenters. The Hall–Kier alpha value is -2.46. The van der Waals surface area contributed by atoms with Gasteiger partial charge < -0.3 is 5.11 Å². The highest BCUT2D eigenvalue weighted by molar-refractivity contribution is 7.17. The van der Waals surface area contributed by atoms with Crippen LogP contribution in [0.5, 0.6) is 0 Å². The molecule has 1 aromatic heterocycles. The van der Waals surface area contributed by atoms with Gasteiger partial charge in [-0.2, -0.15) is 0 Å². The molecule has 3 aromatic rings. The molecule has 0 radical (unpaired) electrons. The first-order valence-corrected chi connectivity index (χ1v) is 6.92. The summed E-state index contributed by atoms with van der Waals surface area (Å²) in [5.74, 6) is -0.991. The van der Waals surface area contributed by atoms with E-state index in [0.717, 1.165) is 21.7 Å². The van der Waals surface area contributed by atoms with Gasteiger partial charge >= 0.3 is 5.97 Å². The molecule has 0 saturated carbocycles. The number of aromatic carboxylic acids is 1. The number of carbonyl (C=O) groups is 1.